The number of hydrogen-bond acceptors (Lipinski definition) is 2. The highest BCUT2D eigenvalue weighted by Gasteiger charge is 2.29. The van der Waals surface area contributed by atoms with E-state index in [2.05, 4.69) is 0 Å². The van der Waals surface area contributed by atoms with Crippen LogP contribution in [0.2, 0.25) is 0 Å². The topological polar surface area (TPSA) is 38.0 Å². The summed E-state index contributed by atoms with van der Waals surface area (Å²) in [6, 6.07) is -1.36. The molecule has 1 unspecified atom stereocenters. The van der Waals surface area contributed by atoms with Crippen LogP contribution in [0.5, 0.6) is 0 Å². The van der Waals surface area contributed by atoms with Crippen LogP contribution in [0, 0.1) is 41.4 Å². The van der Waals surface area contributed by atoms with Gasteiger partial charge in [-0.1, -0.05) is 0 Å². The maximum atomic E-state index is 13.3. The zero-order valence-electron chi connectivity index (χ0n) is 8.33. The fourth-order valence-electron chi connectivity index (χ4n) is 1.29. The smallest absolute Gasteiger partial charge is 0.200 e. The molecule has 3 N–H and O–H groups in total. The van der Waals surface area contributed by atoms with E-state index in [-0.39, 0.29) is 6.42 Å². The van der Waals surface area contributed by atoms with Crippen LogP contribution in [0.1, 0.15) is 18.0 Å². The van der Waals surface area contributed by atoms with Gasteiger partial charge in [0.2, 0.25) is 5.82 Å². The van der Waals surface area contributed by atoms with E-state index < -0.39 is 40.7 Å². The Morgan fingerprint density at radius 3 is 1.76 bits per heavy atom. The normalized spacial score (nSPS) is 12.3. The molecule has 0 aromatic heterocycles. The summed E-state index contributed by atoms with van der Waals surface area (Å²) < 4.78 is 65.0. The van der Waals surface area contributed by atoms with Crippen LogP contribution in [0.3, 0.4) is 0 Å². The van der Waals surface area contributed by atoms with Crippen molar-refractivity contribution in [1.29, 1.82) is 0 Å². The number of halogens is 5. The maximum absolute atomic E-state index is 13.3. The fraction of sp³-hybridized carbons (Fsp3) is 0.200. The van der Waals surface area contributed by atoms with Crippen molar-refractivity contribution in [2.75, 3.05) is 0 Å². The first-order valence-electron chi connectivity index (χ1n) is 4.36. The van der Waals surface area contributed by atoms with Gasteiger partial charge < -0.3 is 0 Å². The standard InChI is InChI=1S/C10H7F5N2/c1-2-3-4(17-16)5-6(11)8(13)10(15)9(14)7(5)12/h1,4,17H,3,16H2. The van der Waals surface area contributed by atoms with Crippen molar-refractivity contribution in [3.05, 3.63) is 34.6 Å². The molecule has 0 amide bonds. The predicted octanol–water partition coefficient (Wildman–Crippen LogP) is 1.91. The van der Waals surface area contributed by atoms with Crippen LogP contribution < -0.4 is 11.3 Å². The van der Waals surface area contributed by atoms with Crippen molar-refractivity contribution in [2.45, 2.75) is 12.5 Å². The summed E-state index contributed by atoms with van der Waals surface area (Å²) in [5.74, 6) is -3.21. The SMILES string of the molecule is C#CCC(NN)c1c(F)c(F)c(F)c(F)c1F. The molecule has 0 heterocycles. The van der Waals surface area contributed by atoms with Crippen molar-refractivity contribution >= 4 is 0 Å². The number of hydrazine groups is 1. The summed E-state index contributed by atoms with van der Waals surface area (Å²) in [5.41, 5.74) is 0.829. The molecular formula is C10H7F5N2. The lowest BCUT2D eigenvalue weighted by Crippen LogP contribution is -2.30. The summed E-state index contributed by atoms with van der Waals surface area (Å²) in [7, 11) is 0. The Hall–Kier alpha value is -1.65. The average Bonchev–Trinajstić information content (AvgIpc) is 2.33. The van der Waals surface area contributed by atoms with Gasteiger partial charge in [0.15, 0.2) is 23.3 Å². The summed E-state index contributed by atoms with van der Waals surface area (Å²) in [4.78, 5) is 0. The first-order chi connectivity index (χ1) is 7.95. The van der Waals surface area contributed by atoms with Crippen molar-refractivity contribution in [3.8, 4) is 12.3 Å². The minimum atomic E-state index is -2.22. The molecule has 7 heteroatoms. The summed E-state index contributed by atoms with van der Waals surface area (Å²) in [6.07, 6.45) is 4.57. The van der Waals surface area contributed by atoms with E-state index >= 15 is 0 Å². The van der Waals surface area contributed by atoms with Crippen LogP contribution in [-0.4, -0.2) is 0 Å². The minimum absolute atomic E-state index is 0.325. The second kappa shape index (κ2) is 5.12. The lowest BCUT2D eigenvalue weighted by atomic mass is 10.0. The van der Waals surface area contributed by atoms with E-state index in [1.807, 2.05) is 11.3 Å². The molecule has 1 atom stereocenters. The molecule has 0 spiro atoms. The number of rotatable bonds is 3. The van der Waals surface area contributed by atoms with Crippen LogP contribution in [0.15, 0.2) is 0 Å². The third-order valence-corrected chi connectivity index (χ3v) is 2.12. The van der Waals surface area contributed by atoms with Crippen molar-refractivity contribution < 1.29 is 22.0 Å². The molecule has 1 aromatic rings. The first kappa shape index (κ1) is 13.4. The molecule has 0 aliphatic carbocycles. The van der Waals surface area contributed by atoms with Gasteiger partial charge in [-0.05, 0) is 0 Å². The van der Waals surface area contributed by atoms with Gasteiger partial charge in [0.05, 0.1) is 6.04 Å². The molecular weight excluding hydrogens is 243 g/mol. The van der Waals surface area contributed by atoms with Gasteiger partial charge in [-0.25, -0.2) is 22.0 Å². The second-order valence-corrected chi connectivity index (χ2v) is 3.11. The highest BCUT2D eigenvalue weighted by Crippen LogP contribution is 2.28. The predicted molar refractivity (Wildman–Crippen MR) is 49.7 cm³/mol. The van der Waals surface area contributed by atoms with E-state index in [0.717, 1.165) is 0 Å². The molecule has 0 saturated carbocycles. The second-order valence-electron chi connectivity index (χ2n) is 3.11. The lowest BCUT2D eigenvalue weighted by molar-refractivity contribution is 0.357. The van der Waals surface area contributed by atoms with Crippen LogP contribution in [0.4, 0.5) is 22.0 Å². The van der Waals surface area contributed by atoms with Gasteiger partial charge in [0.25, 0.3) is 0 Å². The molecule has 0 fully saturated rings. The molecule has 0 bridgehead atoms. The van der Waals surface area contributed by atoms with E-state index in [4.69, 9.17) is 12.3 Å². The zero-order valence-corrected chi connectivity index (χ0v) is 8.33. The Morgan fingerprint density at radius 1 is 1.00 bits per heavy atom. The molecule has 0 saturated heterocycles. The molecule has 2 nitrogen and oxygen atoms in total. The van der Waals surface area contributed by atoms with Crippen molar-refractivity contribution in [2.24, 2.45) is 5.84 Å². The van der Waals surface area contributed by atoms with Crippen molar-refractivity contribution in [1.82, 2.24) is 5.43 Å². The number of hydrogen-bond donors (Lipinski definition) is 2. The third kappa shape index (κ3) is 2.23. The van der Waals surface area contributed by atoms with E-state index in [9.17, 15) is 22.0 Å². The monoisotopic (exact) mass is 250 g/mol. The number of nitrogens with two attached hydrogens (primary N) is 1. The molecule has 17 heavy (non-hydrogen) atoms. The van der Waals surface area contributed by atoms with Crippen LogP contribution >= 0.6 is 0 Å². The van der Waals surface area contributed by atoms with Gasteiger partial charge in [-0.3, -0.25) is 11.3 Å². The Morgan fingerprint density at radius 2 is 1.41 bits per heavy atom. The Labute approximate surface area is 93.6 Å². The van der Waals surface area contributed by atoms with E-state index in [1.54, 1.807) is 0 Å². The van der Waals surface area contributed by atoms with E-state index in [0.29, 0.717) is 0 Å². The largest absolute Gasteiger partial charge is 0.271 e. The summed E-state index contributed by atoms with van der Waals surface area (Å²) in [6.45, 7) is 0. The van der Waals surface area contributed by atoms with Gasteiger partial charge in [-0.2, -0.15) is 0 Å². The van der Waals surface area contributed by atoms with E-state index in [1.165, 1.54) is 0 Å². The van der Waals surface area contributed by atoms with Gasteiger partial charge in [-0.15, -0.1) is 12.3 Å². The number of benzene rings is 1. The van der Waals surface area contributed by atoms with Gasteiger partial charge in [0.1, 0.15) is 0 Å². The first-order valence-corrected chi connectivity index (χ1v) is 4.36. The minimum Gasteiger partial charge on any atom is -0.271 e. The molecule has 1 rings (SSSR count). The highest BCUT2D eigenvalue weighted by molar-refractivity contribution is 5.27. The van der Waals surface area contributed by atoms with Crippen LogP contribution in [0.25, 0.3) is 0 Å². The molecule has 1 aromatic carbocycles. The molecule has 0 aliphatic heterocycles. The van der Waals surface area contributed by atoms with Gasteiger partial charge >= 0.3 is 0 Å². The molecule has 0 radical (unpaired) electrons. The summed E-state index contributed by atoms with van der Waals surface area (Å²) >= 11 is 0. The van der Waals surface area contributed by atoms with Gasteiger partial charge in [0, 0.05) is 12.0 Å². The zero-order chi connectivity index (χ0) is 13.2. The lowest BCUT2D eigenvalue weighted by Gasteiger charge is -2.16. The third-order valence-electron chi connectivity index (χ3n) is 2.12. The Kier molecular flexibility index (Phi) is 4.04. The molecule has 0 aliphatic rings. The fourth-order valence-corrected chi connectivity index (χ4v) is 1.29. The number of nitrogens with one attached hydrogen (secondary N) is 1. The Bertz CT molecular complexity index is 452. The molecule has 92 valence electrons. The summed E-state index contributed by atoms with van der Waals surface area (Å²) in [5, 5.41) is 0. The number of terminal acetylenes is 1. The maximum Gasteiger partial charge on any atom is 0.200 e. The highest BCUT2D eigenvalue weighted by atomic mass is 19.2. The quantitative estimate of drug-likeness (QED) is 0.215. The Balaban J connectivity index is 3.48. The average molecular weight is 250 g/mol. The van der Waals surface area contributed by atoms with Crippen molar-refractivity contribution in [3.63, 3.8) is 0 Å². The van der Waals surface area contributed by atoms with Crippen LogP contribution in [-0.2, 0) is 0 Å².